The number of aromatic nitrogens is 2. The molecule has 1 saturated heterocycles. The smallest absolute Gasteiger partial charge is 0.243 e. The van der Waals surface area contributed by atoms with Crippen LogP contribution in [0.4, 0.5) is 11.5 Å². The zero-order valence-electron chi connectivity index (χ0n) is 21.3. The summed E-state index contributed by atoms with van der Waals surface area (Å²) in [5.41, 5.74) is 2.76. The van der Waals surface area contributed by atoms with E-state index in [1.165, 1.54) is 0 Å². The normalized spacial score (nSPS) is 16.0. The molecule has 5 rings (SSSR count). The molecule has 192 valence electrons. The van der Waals surface area contributed by atoms with Gasteiger partial charge in [0.05, 0.1) is 23.6 Å². The Kier molecular flexibility index (Phi) is 7.10. The number of rotatable bonds is 7. The van der Waals surface area contributed by atoms with Gasteiger partial charge in [-0.1, -0.05) is 35.9 Å². The maximum absolute atomic E-state index is 13.1. The first-order chi connectivity index (χ1) is 17.8. The number of hydrogen-bond donors (Lipinski definition) is 1. The summed E-state index contributed by atoms with van der Waals surface area (Å²) in [5, 5.41) is 4.36. The summed E-state index contributed by atoms with van der Waals surface area (Å²) in [6.07, 6.45) is 0. The number of benzene rings is 3. The van der Waals surface area contributed by atoms with E-state index in [1.54, 1.807) is 23.5 Å². The van der Waals surface area contributed by atoms with Crippen molar-refractivity contribution in [3.63, 3.8) is 0 Å². The molecule has 1 N–H and O–H groups in total. The molecule has 0 amide bonds. The molecule has 1 aromatic heterocycles. The lowest BCUT2D eigenvalue weighted by atomic mass is 10.2. The van der Waals surface area contributed by atoms with Crippen LogP contribution in [0.15, 0.2) is 77.7 Å². The van der Waals surface area contributed by atoms with Gasteiger partial charge >= 0.3 is 0 Å². The van der Waals surface area contributed by atoms with Crippen LogP contribution in [-0.2, 0) is 10.0 Å². The molecule has 0 bridgehead atoms. The Hall–Kier alpha value is -3.53. The van der Waals surface area contributed by atoms with Gasteiger partial charge in [-0.3, -0.25) is 4.90 Å². The van der Waals surface area contributed by atoms with E-state index in [1.807, 2.05) is 67.6 Å². The third-order valence-electron chi connectivity index (χ3n) is 6.81. The molecule has 3 aromatic carbocycles. The molecular weight excluding hydrogens is 486 g/mol. The first kappa shape index (κ1) is 25.1. The first-order valence-electron chi connectivity index (χ1n) is 12.3. The molecule has 2 heterocycles. The molecule has 0 radical (unpaired) electrons. The van der Waals surface area contributed by atoms with Gasteiger partial charge in [0.25, 0.3) is 0 Å². The van der Waals surface area contributed by atoms with Gasteiger partial charge in [-0.15, -0.1) is 0 Å². The Bertz CT molecular complexity index is 1500. The van der Waals surface area contributed by atoms with Crippen LogP contribution in [0.2, 0.25) is 0 Å². The SMILES string of the molecule is COc1cccc(Nc2nc([C@H](C)N3CCN(S(=O)(=O)c4ccc(C)cc4)CC3)nc3ccccc23)c1. The fourth-order valence-electron chi connectivity index (χ4n) is 4.57. The van der Waals surface area contributed by atoms with E-state index in [4.69, 9.17) is 14.7 Å². The van der Waals surface area contributed by atoms with Gasteiger partial charge in [0.1, 0.15) is 17.4 Å². The van der Waals surface area contributed by atoms with Gasteiger partial charge in [-0.25, -0.2) is 18.4 Å². The highest BCUT2D eigenvalue weighted by molar-refractivity contribution is 7.89. The standard InChI is InChI=1S/C28H31N5O3S/c1-20-11-13-24(14-12-20)37(34,35)33-17-15-32(16-18-33)21(2)27-30-26-10-5-4-9-25(26)28(31-27)29-22-7-6-8-23(19-22)36-3/h4-14,19,21H,15-18H2,1-3H3,(H,29,30,31)/t21-/m0/s1. The Morgan fingerprint density at radius 2 is 1.65 bits per heavy atom. The number of methoxy groups -OCH3 is 1. The quantitative estimate of drug-likeness (QED) is 0.378. The van der Waals surface area contributed by atoms with Crippen molar-refractivity contribution >= 4 is 32.4 Å². The van der Waals surface area contributed by atoms with Crippen molar-refractivity contribution in [1.29, 1.82) is 0 Å². The molecule has 0 spiro atoms. The molecule has 1 aliphatic rings. The van der Waals surface area contributed by atoms with Crippen LogP contribution in [0.5, 0.6) is 5.75 Å². The van der Waals surface area contributed by atoms with Crippen LogP contribution < -0.4 is 10.1 Å². The predicted octanol–water partition coefficient (Wildman–Crippen LogP) is 4.76. The monoisotopic (exact) mass is 517 g/mol. The maximum atomic E-state index is 13.1. The molecular formula is C28H31N5O3S. The molecule has 1 aliphatic heterocycles. The van der Waals surface area contributed by atoms with Crippen LogP contribution in [0.25, 0.3) is 10.9 Å². The predicted molar refractivity (Wildman–Crippen MR) is 146 cm³/mol. The van der Waals surface area contributed by atoms with Gasteiger partial charge < -0.3 is 10.1 Å². The Labute approximate surface area is 218 Å². The number of para-hydroxylation sites is 1. The number of nitrogens with one attached hydrogen (secondary N) is 1. The highest BCUT2D eigenvalue weighted by atomic mass is 32.2. The summed E-state index contributed by atoms with van der Waals surface area (Å²) in [7, 11) is -1.87. The van der Waals surface area contributed by atoms with E-state index >= 15 is 0 Å². The molecule has 37 heavy (non-hydrogen) atoms. The lowest BCUT2D eigenvalue weighted by molar-refractivity contribution is 0.141. The average molecular weight is 518 g/mol. The van der Waals surface area contributed by atoms with E-state index in [0.29, 0.717) is 36.9 Å². The largest absolute Gasteiger partial charge is 0.497 e. The topological polar surface area (TPSA) is 87.7 Å². The zero-order chi connectivity index (χ0) is 26.0. The molecule has 9 heteroatoms. The fourth-order valence-corrected chi connectivity index (χ4v) is 5.99. The minimum Gasteiger partial charge on any atom is -0.497 e. The molecule has 1 fully saturated rings. The van der Waals surface area contributed by atoms with E-state index in [9.17, 15) is 8.42 Å². The van der Waals surface area contributed by atoms with Crippen LogP contribution in [0.3, 0.4) is 0 Å². The summed E-state index contributed by atoms with van der Waals surface area (Å²) in [4.78, 5) is 12.3. The van der Waals surface area contributed by atoms with Gasteiger partial charge in [0, 0.05) is 43.3 Å². The highest BCUT2D eigenvalue weighted by Gasteiger charge is 2.31. The molecule has 0 saturated carbocycles. The summed E-state index contributed by atoms with van der Waals surface area (Å²) < 4.78 is 33.2. The number of nitrogens with zero attached hydrogens (tertiary/aromatic N) is 4. The van der Waals surface area contributed by atoms with E-state index < -0.39 is 10.0 Å². The zero-order valence-corrected chi connectivity index (χ0v) is 22.1. The van der Waals surface area contributed by atoms with Crippen LogP contribution in [-0.4, -0.2) is 60.9 Å². The number of fused-ring (bicyclic) bond motifs is 1. The van der Waals surface area contributed by atoms with E-state index in [2.05, 4.69) is 17.1 Å². The number of piperazine rings is 1. The van der Waals surface area contributed by atoms with Crippen molar-refractivity contribution < 1.29 is 13.2 Å². The van der Waals surface area contributed by atoms with Crippen molar-refractivity contribution in [2.24, 2.45) is 0 Å². The second-order valence-corrected chi connectivity index (χ2v) is 11.2. The minimum atomic E-state index is -3.51. The summed E-state index contributed by atoms with van der Waals surface area (Å²) in [6, 6.07) is 22.6. The van der Waals surface area contributed by atoms with Crippen molar-refractivity contribution in [1.82, 2.24) is 19.2 Å². The van der Waals surface area contributed by atoms with Gasteiger partial charge in [0.2, 0.25) is 10.0 Å². The third kappa shape index (κ3) is 5.29. The second kappa shape index (κ2) is 10.5. The van der Waals surface area contributed by atoms with Crippen LogP contribution in [0.1, 0.15) is 24.4 Å². The highest BCUT2D eigenvalue weighted by Crippen LogP contribution is 2.29. The van der Waals surface area contributed by atoms with Gasteiger partial charge in [-0.2, -0.15) is 4.31 Å². The minimum absolute atomic E-state index is 0.0836. The number of hydrogen-bond acceptors (Lipinski definition) is 7. The van der Waals surface area contributed by atoms with Crippen molar-refractivity contribution in [2.45, 2.75) is 24.8 Å². The van der Waals surface area contributed by atoms with Crippen LogP contribution in [0, 0.1) is 6.92 Å². The lowest BCUT2D eigenvalue weighted by Gasteiger charge is -2.36. The summed E-state index contributed by atoms with van der Waals surface area (Å²) in [5.74, 6) is 2.18. The fraction of sp³-hybridized carbons (Fsp3) is 0.286. The second-order valence-electron chi connectivity index (χ2n) is 9.23. The Balaban J connectivity index is 1.36. The number of aryl methyl sites for hydroxylation is 1. The average Bonchev–Trinajstić information content (AvgIpc) is 2.93. The Morgan fingerprint density at radius 3 is 2.38 bits per heavy atom. The third-order valence-corrected chi connectivity index (χ3v) is 8.72. The van der Waals surface area contributed by atoms with Gasteiger partial charge in [-0.05, 0) is 50.2 Å². The molecule has 4 aromatic rings. The number of anilines is 2. The number of sulfonamides is 1. The molecule has 0 aliphatic carbocycles. The molecule has 1 atom stereocenters. The maximum Gasteiger partial charge on any atom is 0.243 e. The van der Waals surface area contributed by atoms with Crippen molar-refractivity contribution in [2.75, 3.05) is 38.6 Å². The van der Waals surface area contributed by atoms with E-state index in [0.717, 1.165) is 33.7 Å². The summed E-state index contributed by atoms with van der Waals surface area (Å²) in [6.45, 7) is 6.06. The van der Waals surface area contributed by atoms with Crippen molar-refractivity contribution in [3.05, 3.63) is 84.2 Å². The van der Waals surface area contributed by atoms with Crippen LogP contribution >= 0.6 is 0 Å². The first-order valence-corrected chi connectivity index (χ1v) is 13.8. The van der Waals surface area contributed by atoms with Gasteiger partial charge in [0.15, 0.2) is 0 Å². The van der Waals surface area contributed by atoms with E-state index in [-0.39, 0.29) is 6.04 Å². The van der Waals surface area contributed by atoms with Crippen molar-refractivity contribution in [3.8, 4) is 5.75 Å². The summed E-state index contributed by atoms with van der Waals surface area (Å²) >= 11 is 0. The lowest BCUT2D eigenvalue weighted by Crippen LogP contribution is -2.49. The Morgan fingerprint density at radius 1 is 0.919 bits per heavy atom. The molecule has 8 nitrogen and oxygen atoms in total. The number of ether oxygens (including phenoxy) is 1. The molecule has 0 unspecified atom stereocenters.